The van der Waals surface area contributed by atoms with Gasteiger partial charge in [0.15, 0.2) is 0 Å². The molecule has 0 fully saturated rings. The fourth-order valence-corrected chi connectivity index (χ4v) is 4.34. The summed E-state index contributed by atoms with van der Waals surface area (Å²) in [5, 5.41) is 4.74. The number of hydrogen-bond acceptors (Lipinski definition) is 1. The van der Waals surface area contributed by atoms with E-state index in [1.54, 1.807) is 11.3 Å². The van der Waals surface area contributed by atoms with Gasteiger partial charge in [0.1, 0.15) is 4.83 Å². The number of fused-ring (bicyclic) bond motifs is 3. The van der Waals surface area contributed by atoms with Crippen LogP contribution in [0.15, 0.2) is 62.9 Å². The van der Waals surface area contributed by atoms with Crippen molar-refractivity contribution >= 4 is 64.3 Å². The summed E-state index contributed by atoms with van der Waals surface area (Å²) in [4.78, 5) is 1.28. The van der Waals surface area contributed by atoms with Gasteiger partial charge in [-0.25, -0.2) is 0 Å². The Kier molecular flexibility index (Phi) is 2.98. The van der Waals surface area contributed by atoms with Gasteiger partial charge in [-0.15, -0.1) is 11.3 Å². The maximum Gasteiger partial charge on any atom is 0.108 e. The molecule has 0 aliphatic carbocycles. The van der Waals surface area contributed by atoms with Crippen LogP contribution in [0.5, 0.6) is 0 Å². The largest absolute Gasteiger partial charge is 0.300 e. The number of halogens is 2. The maximum absolute atomic E-state index is 3.67. The maximum atomic E-state index is 3.67. The molecule has 0 atom stereocenters. The van der Waals surface area contributed by atoms with E-state index in [2.05, 4.69) is 84.3 Å². The SMILES string of the molecule is Brc1ccc2c(c1)c1ccsc1n2-c1ccccc1Br. The van der Waals surface area contributed by atoms with E-state index in [9.17, 15) is 0 Å². The molecule has 1 nitrogen and oxygen atoms in total. The van der Waals surface area contributed by atoms with Crippen molar-refractivity contribution in [2.24, 2.45) is 0 Å². The second kappa shape index (κ2) is 4.72. The molecule has 0 spiro atoms. The van der Waals surface area contributed by atoms with E-state index in [-0.39, 0.29) is 0 Å². The summed E-state index contributed by atoms with van der Waals surface area (Å²) >= 11 is 9.01. The lowest BCUT2D eigenvalue weighted by Gasteiger charge is -2.08. The summed E-state index contributed by atoms with van der Waals surface area (Å²) < 4.78 is 4.55. The highest BCUT2D eigenvalue weighted by atomic mass is 79.9. The van der Waals surface area contributed by atoms with Crippen LogP contribution in [-0.2, 0) is 0 Å². The zero-order valence-electron chi connectivity index (χ0n) is 10.3. The molecule has 2 aromatic carbocycles. The molecular weight excluding hydrogens is 398 g/mol. The van der Waals surface area contributed by atoms with Crippen molar-refractivity contribution in [3.63, 3.8) is 0 Å². The molecule has 0 saturated carbocycles. The van der Waals surface area contributed by atoms with Crippen LogP contribution in [0, 0.1) is 0 Å². The van der Waals surface area contributed by atoms with Gasteiger partial charge in [0.25, 0.3) is 0 Å². The Balaban J connectivity index is 2.21. The summed E-state index contributed by atoms with van der Waals surface area (Å²) in [5.74, 6) is 0. The predicted octanol–water partition coefficient (Wildman–Crippen LogP) is 6.37. The van der Waals surface area contributed by atoms with E-state index in [0.717, 1.165) is 8.95 Å². The smallest absolute Gasteiger partial charge is 0.108 e. The summed E-state index contributed by atoms with van der Waals surface area (Å²) in [7, 11) is 0. The Morgan fingerprint density at radius 2 is 1.75 bits per heavy atom. The Hall–Kier alpha value is -1.10. The van der Waals surface area contributed by atoms with Crippen molar-refractivity contribution in [1.29, 1.82) is 0 Å². The van der Waals surface area contributed by atoms with E-state index < -0.39 is 0 Å². The van der Waals surface area contributed by atoms with Crippen LogP contribution in [0.25, 0.3) is 26.8 Å². The molecule has 2 aromatic heterocycles. The molecule has 0 unspecified atom stereocenters. The van der Waals surface area contributed by atoms with Crippen LogP contribution in [0.4, 0.5) is 0 Å². The van der Waals surface area contributed by atoms with E-state index in [1.165, 1.54) is 26.8 Å². The minimum atomic E-state index is 1.11. The number of benzene rings is 2. The Labute approximate surface area is 137 Å². The van der Waals surface area contributed by atoms with Gasteiger partial charge in [-0.2, -0.15) is 0 Å². The molecule has 4 heteroatoms. The number of aromatic nitrogens is 1. The van der Waals surface area contributed by atoms with Gasteiger partial charge in [-0.05, 0) is 57.7 Å². The molecule has 0 amide bonds. The normalized spacial score (nSPS) is 11.5. The molecule has 0 aliphatic rings. The highest BCUT2D eigenvalue weighted by molar-refractivity contribution is 9.10. The van der Waals surface area contributed by atoms with Crippen molar-refractivity contribution in [2.45, 2.75) is 0 Å². The van der Waals surface area contributed by atoms with Gasteiger partial charge < -0.3 is 0 Å². The van der Waals surface area contributed by atoms with Crippen LogP contribution in [0.3, 0.4) is 0 Å². The fraction of sp³-hybridized carbons (Fsp3) is 0. The van der Waals surface area contributed by atoms with Crippen LogP contribution in [0.1, 0.15) is 0 Å². The molecule has 2 heterocycles. The zero-order valence-corrected chi connectivity index (χ0v) is 14.3. The number of rotatable bonds is 1. The number of thiophene rings is 1. The Morgan fingerprint density at radius 3 is 2.60 bits per heavy atom. The van der Waals surface area contributed by atoms with Crippen molar-refractivity contribution in [3.8, 4) is 5.69 Å². The first-order chi connectivity index (χ1) is 9.75. The fourth-order valence-electron chi connectivity index (χ4n) is 2.58. The van der Waals surface area contributed by atoms with Crippen molar-refractivity contribution in [1.82, 2.24) is 4.57 Å². The summed E-state index contributed by atoms with van der Waals surface area (Å²) in [6.45, 7) is 0. The molecule has 4 rings (SSSR count). The molecule has 0 saturated heterocycles. The molecule has 0 N–H and O–H groups in total. The van der Waals surface area contributed by atoms with Crippen molar-refractivity contribution < 1.29 is 0 Å². The van der Waals surface area contributed by atoms with Gasteiger partial charge in [0.2, 0.25) is 0 Å². The molecule has 98 valence electrons. The third kappa shape index (κ3) is 1.79. The standard InChI is InChI=1S/C16H9Br2NS/c17-10-5-6-14-12(9-10)11-7-8-20-16(11)19(14)15-4-2-1-3-13(15)18/h1-9H. The van der Waals surface area contributed by atoms with Gasteiger partial charge in [-0.1, -0.05) is 28.1 Å². The first-order valence-electron chi connectivity index (χ1n) is 6.18. The van der Waals surface area contributed by atoms with E-state index >= 15 is 0 Å². The minimum Gasteiger partial charge on any atom is -0.300 e. The summed E-state index contributed by atoms with van der Waals surface area (Å²) in [6.07, 6.45) is 0. The highest BCUT2D eigenvalue weighted by Gasteiger charge is 2.14. The first-order valence-corrected chi connectivity index (χ1v) is 8.64. The molecule has 20 heavy (non-hydrogen) atoms. The third-order valence-electron chi connectivity index (χ3n) is 3.43. The number of para-hydroxylation sites is 1. The average molecular weight is 407 g/mol. The number of hydrogen-bond donors (Lipinski definition) is 0. The van der Waals surface area contributed by atoms with Crippen LogP contribution in [0.2, 0.25) is 0 Å². The van der Waals surface area contributed by atoms with Gasteiger partial charge in [0.05, 0.1) is 11.2 Å². The third-order valence-corrected chi connectivity index (χ3v) is 5.49. The monoisotopic (exact) mass is 405 g/mol. The predicted molar refractivity (Wildman–Crippen MR) is 94.1 cm³/mol. The highest BCUT2D eigenvalue weighted by Crippen LogP contribution is 2.38. The average Bonchev–Trinajstić information content (AvgIpc) is 3.00. The van der Waals surface area contributed by atoms with Crippen LogP contribution in [-0.4, -0.2) is 4.57 Å². The lowest BCUT2D eigenvalue weighted by atomic mass is 10.2. The topological polar surface area (TPSA) is 4.93 Å². The van der Waals surface area contributed by atoms with Crippen LogP contribution < -0.4 is 0 Å². The van der Waals surface area contributed by atoms with Gasteiger partial charge in [-0.3, -0.25) is 4.57 Å². The molecule has 4 aromatic rings. The molecule has 0 radical (unpaired) electrons. The lowest BCUT2D eigenvalue weighted by molar-refractivity contribution is 1.18. The molecule has 0 aliphatic heterocycles. The second-order valence-corrected chi connectivity index (χ2v) is 7.25. The van der Waals surface area contributed by atoms with E-state index in [0.29, 0.717) is 0 Å². The quantitative estimate of drug-likeness (QED) is 0.346. The second-order valence-electron chi connectivity index (χ2n) is 4.59. The van der Waals surface area contributed by atoms with E-state index in [4.69, 9.17) is 0 Å². The van der Waals surface area contributed by atoms with Gasteiger partial charge >= 0.3 is 0 Å². The van der Waals surface area contributed by atoms with E-state index in [1.807, 2.05) is 6.07 Å². The van der Waals surface area contributed by atoms with Crippen LogP contribution >= 0.6 is 43.2 Å². The summed E-state index contributed by atoms with van der Waals surface area (Å²) in [6, 6.07) is 17.0. The van der Waals surface area contributed by atoms with Crippen molar-refractivity contribution in [3.05, 3.63) is 62.9 Å². The summed E-state index contributed by atoms with van der Waals surface area (Å²) in [5.41, 5.74) is 2.42. The van der Waals surface area contributed by atoms with Crippen molar-refractivity contribution in [2.75, 3.05) is 0 Å². The lowest BCUT2D eigenvalue weighted by Crippen LogP contribution is -1.93. The minimum absolute atomic E-state index is 1.11. The molecular formula is C16H9Br2NS. The number of nitrogens with zero attached hydrogens (tertiary/aromatic N) is 1. The Morgan fingerprint density at radius 1 is 0.900 bits per heavy atom. The van der Waals surface area contributed by atoms with Gasteiger partial charge in [0, 0.05) is 19.7 Å². The first kappa shape index (κ1) is 12.6. The molecule has 0 bridgehead atoms. The Bertz CT molecular complexity index is 936. The zero-order chi connectivity index (χ0) is 13.7.